The van der Waals surface area contributed by atoms with Crippen LogP contribution in [0.1, 0.15) is 5.56 Å². The molecule has 2 aromatic carbocycles. The Hall–Kier alpha value is -3.21. The van der Waals surface area contributed by atoms with E-state index in [0.717, 1.165) is 5.56 Å². The van der Waals surface area contributed by atoms with E-state index >= 15 is 0 Å². The lowest BCUT2D eigenvalue weighted by molar-refractivity contribution is -0.143. The van der Waals surface area contributed by atoms with Gasteiger partial charge in [-0.25, -0.2) is 4.98 Å². The third-order valence-corrected chi connectivity index (χ3v) is 3.49. The summed E-state index contributed by atoms with van der Waals surface area (Å²) in [5.74, 6) is -0.467. The molecule has 1 heterocycles. The van der Waals surface area contributed by atoms with E-state index in [1.54, 1.807) is 24.3 Å². The van der Waals surface area contributed by atoms with Gasteiger partial charge in [-0.2, -0.15) is 0 Å². The molecule has 0 fully saturated rings. The van der Waals surface area contributed by atoms with Crippen LogP contribution in [0, 0.1) is 0 Å². The molecule has 0 spiro atoms. The maximum atomic E-state index is 12.0. The third kappa shape index (κ3) is 3.76. The van der Waals surface area contributed by atoms with Crippen molar-refractivity contribution in [2.45, 2.75) is 6.54 Å². The minimum Gasteiger partial charge on any atom is -0.460 e. The van der Waals surface area contributed by atoms with Crippen LogP contribution in [0.15, 0.2) is 71.7 Å². The average Bonchev–Trinajstić information content (AvgIpc) is 2.62. The second-order valence-corrected chi connectivity index (χ2v) is 5.17. The second kappa shape index (κ2) is 7.37. The topological polar surface area (TPSA) is 61.2 Å². The Morgan fingerprint density at radius 2 is 1.83 bits per heavy atom. The van der Waals surface area contributed by atoms with Crippen LogP contribution in [0.3, 0.4) is 0 Å². The molecule has 0 aliphatic rings. The van der Waals surface area contributed by atoms with Crippen molar-refractivity contribution < 1.29 is 9.53 Å². The number of benzene rings is 2. The van der Waals surface area contributed by atoms with Crippen molar-refractivity contribution in [2.75, 3.05) is 6.61 Å². The molecule has 0 radical (unpaired) electrons. The Labute approximate surface area is 138 Å². The van der Waals surface area contributed by atoms with Crippen LogP contribution in [0.25, 0.3) is 17.1 Å². The SMILES string of the molecule is O=C(Cn1c(=O)cnc2ccccc21)OCC=Cc1ccccc1. The lowest BCUT2D eigenvalue weighted by atomic mass is 10.2. The zero-order valence-corrected chi connectivity index (χ0v) is 13.0. The van der Waals surface area contributed by atoms with Crippen molar-refractivity contribution >= 4 is 23.1 Å². The van der Waals surface area contributed by atoms with Crippen molar-refractivity contribution in [1.82, 2.24) is 9.55 Å². The first kappa shape index (κ1) is 15.7. The molecule has 5 heteroatoms. The third-order valence-electron chi connectivity index (χ3n) is 3.49. The Bertz CT molecular complexity index is 930. The highest BCUT2D eigenvalue weighted by Crippen LogP contribution is 2.08. The number of esters is 1. The first-order valence-electron chi connectivity index (χ1n) is 7.56. The summed E-state index contributed by atoms with van der Waals surface area (Å²) in [5, 5.41) is 0. The molecule has 0 unspecified atom stereocenters. The molecule has 3 rings (SSSR count). The van der Waals surface area contributed by atoms with Crippen LogP contribution in [0.5, 0.6) is 0 Å². The largest absolute Gasteiger partial charge is 0.460 e. The molecular weight excluding hydrogens is 304 g/mol. The van der Waals surface area contributed by atoms with Crippen molar-refractivity contribution in [3.8, 4) is 0 Å². The molecule has 3 aromatic rings. The molecule has 0 saturated heterocycles. The monoisotopic (exact) mass is 320 g/mol. The summed E-state index contributed by atoms with van der Waals surface area (Å²) in [5.41, 5.74) is 1.98. The summed E-state index contributed by atoms with van der Waals surface area (Å²) >= 11 is 0. The van der Waals surface area contributed by atoms with E-state index in [-0.39, 0.29) is 18.7 Å². The fraction of sp³-hybridized carbons (Fsp3) is 0.105. The average molecular weight is 320 g/mol. The molecule has 24 heavy (non-hydrogen) atoms. The number of carbonyl (C=O) groups excluding carboxylic acids is 1. The minimum atomic E-state index is -0.467. The van der Waals surface area contributed by atoms with Gasteiger partial charge in [0.25, 0.3) is 5.56 Å². The first-order valence-corrected chi connectivity index (χ1v) is 7.56. The van der Waals surface area contributed by atoms with Gasteiger partial charge in [-0.05, 0) is 23.8 Å². The van der Waals surface area contributed by atoms with Crippen LogP contribution in [0.2, 0.25) is 0 Å². The van der Waals surface area contributed by atoms with Gasteiger partial charge < -0.3 is 4.74 Å². The quantitative estimate of drug-likeness (QED) is 0.678. The van der Waals surface area contributed by atoms with E-state index in [0.29, 0.717) is 11.0 Å². The van der Waals surface area contributed by atoms with E-state index in [1.807, 2.05) is 42.5 Å². The van der Waals surface area contributed by atoms with Crippen molar-refractivity contribution in [3.05, 3.63) is 82.8 Å². The van der Waals surface area contributed by atoms with Gasteiger partial charge in [0, 0.05) is 0 Å². The molecule has 0 atom stereocenters. The predicted molar refractivity (Wildman–Crippen MR) is 92.4 cm³/mol. The van der Waals surface area contributed by atoms with Gasteiger partial charge >= 0.3 is 5.97 Å². The fourth-order valence-electron chi connectivity index (χ4n) is 2.34. The number of rotatable bonds is 5. The maximum absolute atomic E-state index is 12.0. The molecule has 1 aromatic heterocycles. The van der Waals surface area contributed by atoms with Gasteiger partial charge in [0.15, 0.2) is 0 Å². The van der Waals surface area contributed by atoms with Crippen LogP contribution in [-0.4, -0.2) is 22.1 Å². The van der Waals surface area contributed by atoms with Gasteiger partial charge in [-0.1, -0.05) is 48.5 Å². The standard InChI is InChI=1S/C19H16N2O3/c22-18-13-20-16-10-4-5-11-17(16)21(18)14-19(23)24-12-6-9-15-7-2-1-3-8-15/h1-11,13H,12,14H2. The minimum absolute atomic E-state index is 0.138. The number of ether oxygens (including phenoxy) is 1. The van der Waals surface area contributed by atoms with E-state index < -0.39 is 5.97 Å². The van der Waals surface area contributed by atoms with Gasteiger partial charge in [0.05, 0.1) is 17.2 Å². The number of fused-ring (bicyclic) bond motifs is 1. The summed E-state index contributed by atoms with van der Waals surface area (Å²) in [6.07, 6.45) is 4.85. The van der Waals surface area contributed by atoms with Crippen LogP contribution in [0.4, 0.5) is 0 Å². The lowest BCUT2D eigenvalue weighted by Crippen LogP contribution is -2.25. The van der Waals surface area contributed by atoms with Gasteiger partial charge in [0.2, 0.25) is 0 Å². The predicted octanol–water partition coefficient (Wildman–Crippen LogP) is 2.65. The molecule has 0 saturated carbocycles. The van der Waals surface area contributed by atoms with Gasteiger partial charge in [0.1, 0.15) is 13.2 Å². The smallest absolute Gasteiger partial charge is 0.326 e. The van der Waals surface area contributed by atoms with Crippen molar-refractivity contribution in [3.63, 3.8) is 0 Å². The van der Waals surface area contributed by atoms with Crippen molar-refractivity contribution in [2.24, 2.45) is 0 Å². The highest BCUT2D eigenvalue weighted by atomic mass is 16.5. The first-order chi connectivity index (χ1) is 11.7. The van der Waals surface area contributed by atoms with Crippen LogP contribution in [-0.2, 0) is 16.1 Å². The van der Waals surface area contributed by atoms with E-state index in [1.165, 1.54) is 10.8 Å². The summed E-state index contributed by atoms with van der Waals surface area (Å²) in [7, 11) is 0. The Morgan fingerprint density at radius 3 is 2.67 bits per heavy atom. The fourth-order valence-corrected chi connectivity index (χ4v) is 2.34. The molecule has 0 N–H and O–H groups in total. The normalized spacial score (nSPS) is 11.0. The van der Waals surface area contributed by atoms with E-state index in [2.05, 4.69) is 4.98 Å². The summed E-state index contributed by atoms with van der Waals surface area (Å²) in [6, 6.07) is 16.9. The molecule has 0 aliphatic heterocycles. The Balaban J connectivity index is 1.64. The summed E-state index contributed by atoms with van der Waals surface area (Å²) in [4.78, 5) is 28.0. The number of nitrogens with zero attached hydrogens (tertiary/aromatic N) is 2. The molecule has 0 amide bonds. The van der Waals surface area contributed by atoms with Gasteiger partial charge in [-0.3, -0.25) is 14.2 Å². The molecule has 0 bridgehead atoms. The van der Waals surface area contributed by atoms with E-state index in [4.69, 9.17) is 4.74 Å². The summed E-state index contributed by atoms with van der Waals surface area (Å²) in [6.45, 7) is 0.0204. The molecule has 5 nitrogen and oxygen atoms in total. The molecule has 0 aliphatic carbocycles. The molecular formula is C19H16N2O3. The summed E-state index contributed by atoms with van der Waals surface area (Å²) < 4.78 is 6.53. The number of carbonyl (C=O) groups is 1. The maximum Gasteiger partial charge on any atom is 0.326 e. The highest BCUT2D eigenvalue weighted by Gasteiger charge is 2.09. The van der Waals surface area contributed by atoms with Crippen LogP contribution < -0.4 is 5.56 Å². The number of hydrogen-bond donors (Lipinski definition) is 0. The Kier molecular flexibility index (Phi) is 4.81. The second-order valence-electron chi connectivity index (χ2n) is 5.17. The lowest BCUT2D eigenvalue weighted by Gasteiger charge is -2.08. The van der Waals surface area contributed by atoms with Crippen molar-refractivity contribution in [1.29, 1.82) is 0 Å². The van der Waals surface area contributed by atoms with E-state index in [9.17, 15) is 9.59 Å². The Morgan fingerprint density at radius 1 is 1.08 bits per heavy atom. The van der Waals surface area contributed by atoms with Gasteiger partial charge in [-0.15, -0.1) is 0 Å². The highest BCUT2D eigenvalue weighted by molar-refractivity contribution is 5.77. The number of para-hydroxylation sites is 2. The molecule has 120 valence electrons. The van der Waals surface area contributed by atoms with Crippen LogP contribution >= 0.6 is 0 Å². The zero-order chi connectivity index (χ0) is 16.8. The zero-order valence-electron chi connectivity index (χ0n) is 13.0. The number of hydrogen-bond acceptors (Lipinski definition) is 4. The number of aromatic nitrogens is 2.